The second-order valence-corrected chi connectivity index (χ2v) is 10.3. The summed E-state index contributed by atoms with van der Waals surface area (Å²) in [7, 11) is 7.41. The summed E-state index contributed by atoms with van der Waals surface area (Å²) in [4.78, 5) is 14.4. The van der Waals surface area contributed by atoms with Crippen molar-refractivity contribution in [3.63, 3.8) is 0 Å². The molecule has 1 aromatic heterocycles. The monoisotopic (exact) mass is 593 g/mol. The lowest BCUT2D eigenvalue weighted by Crippen LogP contribution is -2.12. The maximum absolute atomic E-state index is 12.2. The van der Waals surface area contributed by atoms with Crippen LogP contribution in [0.3, 0.4) is 0 Å². The number of hydrogen-bond donors (Lipinski definition) is 0. The van der Waals surface area contributed by atoms with E-state index in [1.54, 1.807) is 32.4 Å². The summed E-state index contributed by atoms with van der Waals surface area (Å²) in [5.41, 5.74) is 7.81. The molecule has 43 heavy (non-hydrogen) atoms. The number of benzene rings is 4. The smallest absolute Gasteiger partial charge is 0.193 e. The third kappa shape index (κ3) is 7.44. The van der Waals surface area contributed by atoms with Crippen LogP contribution in [0.5, 0.6) is 11.5 Å². The van der Waals surface area contributed by atoms with Crippen LogP contribution in [0.2, 0.25) is 0 Å². The van der Waals surface area contributed by atoms with Gasteiger partial charge in [0.15, 0.2) is 5.43 Å². The number of rotatable bonds is 6. The Morgan fingerprint density at radius 2 is 1.37 bits per heavy atom. The van der Waals surface area contributed by atoms with E-state index in [-0.39, 0.29) is 17.8 Å². The maximum Gasteiger partial charge on any atom is 0.193 e. The Hall–Kier alpha value is -4.58. The van der Waals surface area contributed by atoms with E-state index >= 15 is 0 Å². The van der Waals surface area contributed by atoms with Crippen molar-refractivity contribution in [2.24, 2.45) is 0 Å². The molecule has 0 spiro atoms. The van der Waals surface area contributed by atoms with Gasteiger partial charge in [-0.3, -0.25) is 4.79 Å². The van der Waals surface area contributed by atoms with E-state index < -0.39 is 0 Å². The minimum Gasteiger partial charge on any atom is -0.497 e. The van der Waals surface area contributed by atoms with Crippen LogP contribution in [-0.4, -0.2) is 39.8 Å². The van der Waals surface area contributed by atoms with E-state index in [4.69, 9.17) is 13.9 Å². The van der Waals surface area contributed by atoms with Crippen molar-refractivity contribution in [3.05, 3.63) is 136 Å². The molecule has 1 aliphatic rings. The van der Waals surface area contributed by atoms with Gasteiger partial charge in [0.2, 0.25) is 0 Å². The summed E-state index contributed by atoms with van der Waals surface area (Å²) in [6, 6.07) is 31.3. The van der Waals surface area contributed by atoms with Crippen LogP contribution in [0.1, 0.15) is 28.7 Å². The van der Waals surface area contributed by atoms with Crippen molar-refractivity contribution in [3.8, 4) is 22.8 Å². The predicted octanol–water partition coefficient (Wildman–Crippen LogP) is 8.45. The van der Waals surface area contributed by atoms with Gasteiger partial charge in [-0.1, -0.05) is 78.9 Å². The van der Waals surface area contributed by atoms with E-state index in [1.807, 2.05) is 24.3 Å². The van der Waals surface area contributed by atoms with Crippen LogP contribution in [0.25, 0.3) is 40.0 Å². The van der Waals surface area contributed by atoms with Gasteiger partial charge in [0.05, 0.1) is 19.6 Å². The van der Waals surface area contributed by atoms with Crippen LogP contribution in [0, 0.1) is 0 Å². The number of hydrogen-bond acceptors (Lipinski definition) is 5. The summed E-state index contributed by atoms with van der Waals surface area (Å²) in [5, 5.41) is 0.530. The molecule has 1 aliphatic carbocycles. The molecule has 5 nitrogen and oxygen atoms in total. The van der Waals surface area contributed by atoms with Gasteiger partial charge in [0, 0.05) is 24.2 Å². The molecule has 220 valence electrons. The molecule has 0 unspecified atom stereocenters. The van der Waals surface area contributed by atoms with Crippen molar-refractivity contribution in [2.45, 2.75) is 6.42 Å². The van der Waals surface area contributed by atoms with Gasteiger partial charge in [-0.25, -0.2) is 0 Å². The lowest BCUT2D eigenvalue weighted by Gasteiger charge is -2.13. The molecular formula is C37H36ClNO4. The van der Waals surface area contributed by atoms with E-state index in [1.165, 1.54) is 33.9 Å². The largest absolute Gasteiger partial charge is 0.497 e. The number of ether oxygens (including phenoxy) is 2. The molecule has 0 aliphatic heterocycles. The highest BCUT2D eigenvalue weighted by atomic mass is 35.5. The molecule has 0 radical (unpaired) electrons. The fourth-order valence-electron chi connectivity index (χ4n) is 4.97. The van der Waals surface area contributed by atoms with Gasteiger partial charge in [-0.05, 0) is 72.6 Å². The Morgan fingerprint density at radius 1 is 0.744 bits per heavy atom. The molecule has 0 amide bonds. The highest BCUT2D eigenvalue weighted by Gasteiger charge is 2.14. The first-order valence-electron chi connectivity index (χ1n) is 13.9. The Labute approximate surface area is 259 Å². The average molecular weight is 594 g/mol. The lowest BCUT2D eigenvalue weighted by molar-refractivity contribution is 0.414. The van der Waals surface area contributed by atoms with E-state index in [9.17, 15) is 4.79 Å². The number of methoxy groups -OCH3 is 2. The third-order valence-electron chi connectivity index (χ3n) is 7.16. The maximum atomic E-state index is 12.2. The van der Waals surface area contributed by atoms with Gasteiger partial charge in [0.1, 0.15) is 22.8 Å². The third-order valence-corrected chi connectivity index (χ3v) is 7.16. The molecule has 0 fully saturated rings. The average Bonchev–Trinajstić information content (AvgIpc) is 3.18. The Morgan fingerprint density at radius 3 is 2.00 bits per heavy atom. The molecule has 6 heteroatoms. The van der Waals surface area contributed by atoms with Crippen molar-refractivity contribution < 1.29 is 13.9 Å². The number of halogens is 1. The Balaban J connectivity index is 0.000000192. The molecule has 6 rings (SSSR count). The van der Waals surface area contributed by atoms with E-state index in [2.05, 4.69) is 85.8 Å². The second-order valence-electron chi connectivity index (χ2n) is 10.3. The molecule has 0 saturated carbocycles. The molecule has 0 bridgehead atoms. The highest BCUT2D eigenvalue weighted by Crippen LogP contribution is 2.34. The first-order chi connectivity index (χ1) is 20.5. The predicted molar refractivity (Wildman–Crippen MR) is 180 cm³/mol. The standard InChI is InChI=1S/C20H21N.C17H14O4.ClH/c1-21(2)15-7-12-20-18-10-5-3-8-16(18)13-14-17-9-4-6-11-19(17)20;1-19-12-5-3-4-11(8-12)16-10-15(18)14-7-6-13(20-2)9-17(14)21-16;/h3-6,8-14H,7,15H2,1-2H3;3-10H,1-2H3;1H. The van der Waals surface area contributed by atoms with Crippen LogP contribution in [0.15, 0.2) is 112 Å². The summed E-state index contributed by atoms with van der Waals surface area (Å²) in [6.07, 6.45) is 7.89. The van der Waals surface area contributed by atoms with Crippen LogP contribution < -0.4 is 14.9 Å². The summed E-state index contributed by atoms with van der Waals surface area (Å²) in [5.74, 6) is 1.86. The van der Waals surface area contributed by atoms with Crippen molar-refractivity contribution in [1.82, 2.24) is 4.90 Å². The first-order valence-corrected chi connectivity index (χ1v) is 13.9. The topological polar surface area (TPSA) is 51.9 Å². The van der Waals surface area contributed by atoms with Crippen molar-refractivity contribution >= 4 is 41.1 Å². The molecular weight excluding hydrogens is 558 g/mol. The van der Waals surface area contributed by atoms with Gasteiger partial charge >= 0.3 is 0 Å². The van der Waals surface area contributed by atoms with Gasteiger partial charge in [-0.15, -0.1) is 12.4 Å². The van der Waals surface area contributed by atoms with Crippen LogP contribution >= 0.6 is 12.4 Å². The molecule has 1 heterocycles. The van der Waals surface area contributed by atoms with Gasteiger partial charge in [-0.2, -0.15) is 0 Å². The van der Waals surface area contributed by atoms with Crippen molar-refractivity contribution in [1.29, 1.82) is 0 Å². The van der Waals surface area contributed by atoms with E-state index in [0.29, 0.717) is 28.2 Å². The normalized spacial score (nSPS) is 11.4. The van der Waals surface area contributed by atoms with Crippen molar-refractivity contribution in [2.75, 3.05) is 34.9 Å². The summed E-state index contributed by atoms with van der Waals surface area (Å²) in [6.45, 7) is 1.07. The lowest BCUT2D eigenvalue weighted by atomic mass is 9.93. The second kappa shape index (κ2) is 14.5. The first kappa shape index (κ1) is 31.4. The van der Waals surface area contributed by atoms with E-state index in [0.717, 1.165) is 18.5 Å². The Bertz CT molecular complexity index is 1770. The zero-order chi connectivity index (χ0) is 29.5. The molecule has 5 aromatic rings. The van der Waals surface area contributed by atoms with Crippen LogP contribution in [0.4, 0.5) is 0 Å². The zero-order valence-electron chi connectivity index (χ0n) is 24.9. The minimum atomic E-state index is -0.0864. The van der Waals surface area contributed by atoms with Gasteiger partial charge < -0.3 is 18.8 Å². The number of fused-ring (bicyclic) bond motifs is 3. The minimum absolute atomic E-state index is 0. The molecule has 0 atom stereocenters. The zero-order valence-corrected chi connectivity index (χ0v) is 25.7. The molecule has 0 saturated heterocycles. The molecule has 0 N–H and O–H groups in total. The number of nitrogens with zero attached hydrogens (tertiary/aromatic N) is 1. The quantitative estimate of drug-likeness (QED) is 0.194. The highest BCUT2D eigenvalue weighted by molar-refractivity contribution is 5.93. The summed E-state index contributed by atoms with van der Waals surface area (Å²) >= 11 is 0. The van der Waals surface area contributed by atoms with Crippen LogP contribution in [-0.2, 0) is 0 Å². The Kier molecular flexibility index (Phi) is 10.6. The SMILES string of the molecule is CN(C)CCC=C1c2ccccc2C=Cc2ccccc21.COc1cccc(-c2cc(=O)c3ccc(OC)cc3o2)c1.Cl. The fraction of sp³-hybridized carbons (Fsp3) is 0.162. The summed E-state index contributed by atoms with van der Waals surface area (Å²) < 4.78 is 16.2. The fourth-order valence-corrected chi connectivity index (χ4v) is 4.97. The van der Waals surface area contributed by atoms with Gasteiger partial charge in [0.25, 0.3) is 0 Å². The molecule has 4 aromatic carbocycles.